The number of morpholine rings is 1. The number of hydrogen-bond donors (Lipinski definition) is 0. The van der Waals surface area contributed by atoms with Crippen LogP contribution in [-0.4, -0.2) is 49.7 Å². The van der Waals surface area contributed by atoms with Crippen LogP contribution in [-0.2, 0) is 14.8 Å². The van der Waals surface area contributed by atoms with Gasteiger partial charge in [-0.25, -0.2) is 8.42 Å². The van der Waals surface area contributed by atoms with Gasteiger partial charge in [-0.1, -0.05) is 12.8 Å². The standard InChI is InChI=1S/C10H18ClNO3S/c11-7-9-8-12(5-6-15-9)16(13,14)10-3-1-2-4-10/h9-10H,1-8H2. The third kappa shape index (κ3) is 2.53. The highest BCUT2D eigenvalue weighted by molar-refractivity contribution is 7.89. The third-order valence-electron chi connectivity index (χ3n) is 3.36. The predicted molar refractivity (Wildman–Crippen MR) is 63.2 cm³/mol. The van der Waals surface area contributed by atoms with Crippen LogP contribution in [0.1, 0.15) is 25.7 Å². The van der Waals surface area contributed by atoms with Gasteiger partial charge in [0.05, 0.1) is 18.0 Å². The Kier molecular flexibility index (Phi) is 4.11. The molecule has 1 atom stereocenters. The molecule has 1 aliphatic carbocycles. The van der Waals surface area contributed by atoms with Gasteiger partial charge in [-0.05, 0) is 12.8 Å². The first kappa shape index (κ1) is 12.6. The van der Waals surface area contributed by atoms with Gasteiger partial charge >= 0.3 is 0 Å². The van der Waals surface area contributed by atoms with Crippen molar-refractivity contribution in [3.8, 4) is 0 Å². The van der Waals surface area contributed by atoms with Crippen molar-refractivity contribution in [1.29, 1.82) is 0 Å². The van der Waals surface area contributed by atoms with Gasteiger partial charge in [-0.2, -0.15) is 4.31 Å². The largest absolute Gasteiger partial charge is 0.374 e. The Hall–Kier alpha value is 0.160. The van der Waals surface area contributed by atoms with Crippen LogP contribution >= 0.6 is 11.6 Å². The summed E-state index contributed by atoms with van der Waals surface area (Å²) in [5.74, 6) is 0.358. The zero-order chi connectivity index (χ0) is 11.6. The predicted octanol–water partition coefficient (Wildman–Crippen LogP) is 1.20. The molecule has 2 fully saturated rings. The first-order valence-electron chi connectivity index (χ1n) is 5.81. The van der Waals surface area contributed by atoms with E-state index in [0.29, 0.717) is 25.6 Å². The lowest BCUT2D eigenvalue weighted by molar-refractivity contribution is 0.0119. The van der Waals surface area contributed by atoms with Crippen LogP contribution in [0.3, 0.4) is 0 Å². The Morgan fingerprint density at radius 1 is 1.31 bits per heavy atom. The molecular weight excluding hydrogens is 250 g/mol. The first-order valence-corrected chi connectivity index (χ1v) is 7.85. The van der Waals surface area contributed by atoms with Gasteiger partial charge < -0.3 is 4.74 Å². The van der Waals surface area contributed by atoms with Gasteiger partial charge in [0.2, 0.25) is 10.0 Å². The van der Waals surface area contributed by atoms with Crippen LogP contribution < -0.4 is 0 Å². The molecule has 94 valence electrons. The van der Waals surface area contributed by atoms with E-state index in [1.807, 2.05) is 0 Å². The van der Waals surface area contributed by atoms with Crippen molar-refractivity contribution in [2.24, 2.45) is 0 Å². The summed E-state index contributed by atoms with van der Waals surface area (Å²) in [5.41, 5.74) is 0. The average Bonchev–Trinajstić information content (AvgIpc) is 2.83. The molecule has 0 aromatic carbocycles. The highest BCUT2D eigenvalue weighted by Crippen LogP contribution is 2.28. The van der Waals surface area contributed by atoms with Crippen LogP contribution in [0.15, 0.2) is 0 Å². The summed E-state index contributed by atoms with van der Waals surface area (Å²) in [6.45, 7) is 1.36. The topological polar surface area (TPSA) is 46.6 Å². The van der Waals surface area contributed by atoms with Gasteiger partial charge in [-0.3, -0.25) is 0 Å². The Labute approximate surface area is 102 Å². The van der Waals surface area contributed by atoms with Gasteiger partial charge in [-0.15, -0.1) is 11.6 Å². The first-order chi connectivity index (χ1) is 7.64. The number of rotatable bonds is 3. The van der Waals surface area contributed by atoms with E-state index in [1.165, 1.54) is 0 Å². The number of sulfonamides is 1. The SMILES string of the molecule is O=S(=O)(C1CCCC1)N1CCOC(CCl)C1. The Morgan fingerprint density at radius 2 is 2.00 bits per heavy atom. The molecule has 0 amide bonds. The van der Waals surface area contributed by atoms with Crippen LogP contribution in [0.25, 0.3) is 0 Å². The third-order valence-corrected chi connectivity index (χ3v) is 6.07. The summed E-state index contributed by atoms with van der Waals surface area (Å²) in [5, 5.41) is -0.165. The van der Waals surface area contributed by atoms with Crippen molar-refractivity contribution in [2.45, 2.75) is 37.0 Å². The van der Waals surface area contributed by atoms with Crippen molar-refractivity contribution < 1.29 is 13.2 Å². The fourth-order valence-corrected chi connectivity index (χ4v) is 4.65. The Bertz CT molecular complexity index is 327. The molecule has 1 heterocycles. The molecule has 6 heteroatoms. The minimum Gasteiger partial charge on any atom is -0.374 e. The summed E-state index contributed by atoms with van der Waals surface area (Å²) in [6.07, 6.45) is 3.54. The van der Waals surface area contributed by atoms with E-state index < -0.39 is 10.0 Å². The fraction of sp³-hybridized carbons (Fsp3) is 1.00. The summed E-state index contributed by atoms with van der Waals surface area (Å²) in [7, 11) is -3.11. The quantitative estimate of drug-likeness (QED) is 0.722. The normalized spacial score (nSPS) is 29.7. The maximum atomic E-state index is 12.3. The van der Waals surface area contributed by atoms with E-state index >= 15 is 0 Å². The molecule has 1 aliphatic heterocycles. The van der Waals surface area contributed by atoms with E-state index in [9.17, 15) is 8.42 Å². The highest BCUT2D eigenvalue weighted by Gasteiger charge is 2.36. The van der Waals surface area contributed by atoms with Crippen molar-refractivity contribution >= 4 is 21.6 Å². The zero-order valence-corrected chi connectivity index (χ0v) is 10.8. The molecule has 0 N–H and O–H groups in total. The second-order valence-corrected chi connectivity index (χ2v) is 6.98. The van der Waals surface area contributed by atoms with Crippen molar-refractivity contribution in [1.82, 2.24) is 4.31 Å². The summed E-state index contributed by atoms with van der Waals surface area (Å²) in [6, 6.07) is 0. The summed E-state index contributed by atoms with van der Waals surface area (Å²) >= 11 is 5.71. The van der Waals surface area contributed by atoms with Crippen LogP contribution in [0, 0.1) is 0 Å². The number of alkyl halides is 1. The Balaban J connectivity index is 2.04. The minimum absolute atomic E-state index is 0.147. The molecule has 2 aliphatic rings. The van der Waals surface area contributed by atoms with E-state index in [2.05, 4.69) is 0 Å². The average molecular weight is 268 g/mol. The van der Waals surface area contributed by atoms with Crippen LogP contribution in [0.4, 0.5) is 0 Å². The maximum absolute atomic E-state index is 12.3. The minimum atomic E-state index is -3.11. The maximum Gasteiger partial charge on any atom is 0.217 e. The molecule has 0 bridgehead atoms. The van der Waals surface area contributed by atoms with E-state index in [-0.39, 0.29) is 11.4 Å². The van der Waals surface area contributed by atoms with E-state index in [0.717, 1.165) is 25.7 Å². The van der Waals surface area contributed by atoms with Gasteiger partial charge in [0.25, 0.3) is 0 Å². The number of halogens is 1. The molecule has 0 spiro atoms. The lowest BCUT2D eigenvalue weighted by Crippen LogP contribution is -2.48. The van der Waals surface area contributed by atoms with Crippen LogP contribution in [0.2, 0.25) is 0 Å². The molecule has 2 rings (SSSR count). The number of hydrogen-bond acceptors (Lipinski definition) is 3. The molecule has 4 nitrogen and oxygen atoms in total. The summed E-state index contributed by atoms with van der Waals surface area (Å²) < 4.78 is 31.5. The summed E-state index contributed by atoms with van der Waals surface area (Å²) in [4.78, 5) is 0. The number of ether oxygens (including phenoxy) is 1. The molecule has 1 saturated heterocycles. The second kappa shape index (κ2) is 5.21. The monoisotopic (exact) mass is 267 g/mol. The van der Waals surface area contributed by atoms with E-state index in [1.54, 1.807) is 4.31 Å². The van der Waals surface area contributed by atoms with Gasteiger partial charge in [0.15, 0.2) is 0 Å². The fourth-order valence-electron chi connectivity index (χ4n) is 2.41. The molecular formula is C10H18ClNO3S. The lowest BCUT2D eigenvalue weighted by Gasteiger charge is -2.32. The lowest BCUT2D eigenvalue weighted by atomic mass is 10.3. The van der Waals surface area contributed by atoms with Gasteiger partial charge in [0.1, 0.15) is 0 Å². The van der Waals surface area contributed by atoms with Gasteiger partial charge in [0, 0.05) is 19.0 Å². The van der Waals surface area contributed by atoms with Crippen LogP contribution in [0.5, 0.6) is 0 Å². The molecule has 0 aromatic heterocycles. The van der Waals surface area contributed by atoms with Crippen molar-refractivity contribution in [3.05, 3.63) is 0 Å². The van der Waals surface area contributed by atoms with E-state index in [4.69, 9.17) is 16.3 Å². The Morgan fingerprint density at radius 3 is 2.62 bits per heavy atom. The molecule has 0 aromatic rings. The number of nitrogens with zero attached hydrogens (tertiary/aromatic N) is 1. The smallest absolute Gasteiger partial charge is 0.217 e. The second-order valence-electron chi connectivity index (χ2n) is 4.46. The molecule has 1 saturated carbocycles. The molecule has 16 heavy (non-hydrogen) atoms. The molecule has 1 unspecified atom stereocenters. The highest BCUT2D eigenvalue weighted by atomic mass is 35.5. The zero-order valence-electron chi connectivity index (χ0n) is 9.27. The van der Waals surface area contributed by atoms with Crippen molar-refractivity contribution in [2.75, 3.05) is 25.6 Å². The van der Waals surface area contributed by atoms with Crippen molar-refractivity contribution in [3.63, 3.8) is 0 Å². The molecule has 0 radical (unpaired) electrons.